The molecule has 5 nitrogen and oxygen atoms in total. The predicted octanol–water partition coefficient (Wildman–Crippen LogP) is 2.75. The number of rotatable bonds is 2. The van der Waals surface area contributed by atoms with Gasteiger partial charge in [-0.2, -0.15) is 0 Å². The van der Waals surface area contributed by atoms with Gasteiger partial charge in [0.25, 0.3) is 5.91 Å². The van der Waals surface area contributed by atoms with Crippen LogP contribution in [0.5, 0.6) is 0 Å². The molecule has 21 heavy (non-hydrogen) atoms. The zero-order valence-electron chi connectivity index (χ0n) is 11.3. The Labute approximate surface area is 120 Å². The summed E-state index contributed by atoms with van der Waals surface area (Å²) in [4.78, 5) is 27.3. The summed E-state index contributed by atoms with van der Waals surface area (Å²) in [7, 11) is 0. The van der Waals surface area contributed by atoms with Crippen molar-refractivity contribution < 1.29 is 9.21 Å². The van der Waals surface area contributed by atoms with Gasteiger partial charge in [0.15, 0.2) is 0 Å². The lowest BCUT2D eigenvalue weighted by Crippen LogP contribution is -2.12. The Morgan fingerprint density at radius 1 is 1.14 bits per heavy atom. The Bertz CT molecular complexity index is 867. The van der Waals surface area contributed by atoms with Crippen LogP contribution in [-0.4, -0.2) is 10.9 Å². The number of carbonyl (C=O) groups excluding carboxylic acids is 1. The molecule has 3 rings (SSSR count). The van der Waals surface area contributed by atoms with Crippen LogP contribution in [-0.2, 0) is 0 Å². The molecule has 0 spiro atoms. The van der Waals surface area contributed by atoms with E-state index in [2.05, 4.69) is 10.3 Å². The van der Waals surface area contributed by atoms with Crippen molar-refractivity contribution in [2.45, 2.75) is 6.92 Å². The lowest BCUT2D eigenvalue weighted by Gasteiger charge is -2.06. The van der Waals surface area contributed by atoms with Crippen molar-refractivity contribution in [3.8, 4) is 0 Å². The summed E-state index contributed by atoms with van der Waals surface area (Å²) in [5, 5.41) is 3.53. The van der Waals surface area contributed by atoms with Gasteiger partial charge in [-0.25, -0.2) is 4.79 Å². The Balaban J connectivity index is 1.87. The Morgan fingerprint density at radius 2 is 2.00 bits per heavy atom. The summed E-state index contributed by atoms with van der Waals surface area (Å²) in [5.74, 6) is -0.237. The van der Waals surface area contributed by atoms with Crippen LogP contribution in [0.3, 0.4) is 0 Å². The molecule has 0 aliphatic carbocycles. The fourth-order valence-corrected chi connectivity index (χ4v) is 1.96. The first kappa shape index (κ1) is 13.1. The van der Waals surface area contributed by atoms with Gasteiger partial charge in [0.05, 0.1) is 5.56 Å². The predicted molar refractivity (Wildman–Crippen MR) is 79.4 cm³/mol. The number of fused-ring (bicyclic) bond motifs is 1. The molecule has 104 valence electrons. The van der Waals surface area contributed by atoms with Crippen molar-refractivity contribution in [2.24, 2.45) is 0 Å². The van der Waals surface area contributed by atoms with E-state index < -0.39 is 5.63 Å². The highest BCUT2D eigenvalue weighted by Crippen LogP contribution is 2.18. The number of aromatic nitrogens is 1. The number of anilines is 1. The largest absolute Gasteiger partial charge is 0.423 e. The summed E-state index contributed by atoms with van der Waals surface area (Å²) in [5.41, 5.74) is 2.05. The molecule has 5 heteroatoms. The lowest BCUT2D eigenvalue weighted by atomic mass is 10.2. The first-order valence-electron chi connectivity index (χ1n) is 6.40. The van der Waals surface area contributed by atoms with E-state index in [-0.39, 0.29) is 5.91 Å². The molecule has 0 bridgehead atoms. The number of hydrogen-bond donors (Lipinski definition) is 1. The van der Waals surface area contributed by atoms with Crippen molar-refractivity contribution in [1.82, 2.24) is 4.98 Å². The first-order valence-corrected chi connectivity index (χ1v) is 6.40. The molecule has 1 amide bonds. The first-order chi connectivity index (χ1) is 10.1. The summed E-state index contributed by atoms with van der Waals surface area (Å²) >= 11 is 0. The molecule has 2 heterocycles. The van der Waals surface area contributed by atoms with Crippen molar-refractivity contribution in [3.05, 3.63) is 70.3 Å². The number of pyridine rings is 1. The van der Waals surface area contributed by atoms with Crippen LogP contribution in [0.25, 0.3) is 11.0 Å². The topological polar surface area (TPSA) is 72.2 Å². The van der Waals surface area contributed by atoms with Crippen LogP contribution in [0.2, 0.25) is 0 Å². The minimum atomic E-state index is -0.398. The molecule has 0 saturated carbocycles. The molecule has 1 N–H and O–H groups in total. The summed E-state index contributed by atoms with van der Waals surface area (Å²) in [6.07, 6.45) is 1.53. The van der Waals surface area contributed by atoms with Gasteiger partial charge < -0.3 is 9.73 Å². The van der Waals surface area contributed by atoms with Crippen molar-refractivity contribution in [2.75, 3.05) is 5.32 Å². The van der Waals surface area contributed by atoms with Crippen molar-refractivity contribution >= 4 is 22.6 Å². The average Bonchev–Trinajstić information content (AvgIpc) is 2.48. The molecule has 1 aromatic carbocycles. The number of hydrogen-bond acceptors (Lipinski definition) is 4. The number of benzene rings is 1. The van der Waals surface area contributed by atoms with Crippen LogP contribution < -0.4 is 10.9 Å². The van der Waals surface area contributed by atoms with Gasteiger partial charge >= 0.3 is 5.63 Å². The number of nitrogens with zero attached hydrogens (tertiary/aromatic N) is 1. The molecular formula is C16H12N2O3. The molecule has 0 atom stereocenters. The van der Waals surface area contributed by atoms with Gasteiger partial charge in [-0.1, -0.05) is 0 Å². The highest BCUT2D eigenvalue weighted by molar-refractivity contribution is 6.04. The highest BCUT2D eigenvalue weighted by Gasteiger charge is 2.07. The van der Waals surface area contributed by atoms with Crippen LogP contribution in [0.4, 0.5) is 5.69 Å². The van der Waals surface area contributed by atoms with Gasteiger partial charge in [-0.3, -0.25) is 9.78 Å². The molecule has 3 aromatic rings. The smallest absolute Gasteiger partial charge is 0.336 e. The maximum Gasteiger partial charge on any atom is 0.336 e. The van der Waals surface area contributed by atoms with Gasteiger partial charge in [0, 0.05) is 29.0 Å². The third-order valence-electron chi connectivity index (χ3n) is 3.05. The van der Waals surface area contributed by atoms with Gasteiger partial charge in [-0.05, 0) is 43.3 Å². The molecule has 0 aliphatic heterocycles. The number of nitrogens with one attached hydrogen (secondary N) is 1. The van der Waals surface area contributed by atoms with E-state index in [0.29, 0.717) is 16.8 Å². The maximum absolute atomic E-state index is 12.1. The second kappa shape index (κ2) is 5.20. The van der Waals surface area contributed by atoms with Crippen LogP contribution >= 0.6 is 0 Å². The highest BCUT2D eigenvalue weighted by atomic mass is 16.4. The van der Waals surface area contributed by atoms with E-state index in [4.69, 9.17) is 4.42 Å². The van der Waals surface area contributed by atoms with Crippen molar-refractivity contribution in [3.63, 3.8) is 0 Å². The molecule has 0 fully saturated rings. The van der Waals surface area contributed by atoms with E-state index in [1.807, 2.05) is 6.92 Å². The standard InChI is InChI=1S/C16H12N2O3/c1-10-2-3-12(9-17-10)16(20)18-13-5-6-14-11(8-13)4-7-15(19)21-14/h2-9H,1H3,(H,18,20). The monoisotopic (exact) mass is 280 g/mol. The third kappa shape index (κ3) is 2.81. The summed E-state index contributed by atoms with van der Waals surface area (Å²) < 4.78 is 5.04. The Kier molecular flexibility index (Phi) is 3.23. The van der Waals surface area contributed by atoms with E-state index in [1.54, 1.807) is 36.4 Å². The zero-order valence-corrected chi connectivity index (χ0v) is 11.3. The zero-order chi connectivity index (χ0) is 14.8. The van der Waals surface area contributed by atoms with Crippen molar-refractivity contribution in [1.29, 1.82) is 0 Å². The Hall–Kier alpha value is -2.95. The number of aryl methyl sites for hydroxylation is 1. The molecular weight excluding hydrogens is 268 g/mol. The minimum absolute atomic E-state index is 0.237. The van der Waals surface area contributed by atoms with E-state index in [9.17, 15) is 9.59 Å². The fourth-order valence-electron chi connectivity index (χ4n) is 1.96. The minimum Gasteiger partial charge on any atom is -0.423 e. The average molecular weight is 280 g/mol. The molecule has 2 aromatic heterocycles. The summed E-state index contributed by atoms with van der Waals surface area (Å²) in [6, 6.07) is 11.6. The SMILES string of the molecule is Cc1ccc(C(=O)Nc2ccc3oc(=O)ccc3c2)cn1. The fraction of sp³-hybridized carbons (Fsp3) is 0.0625. The van der Waals surface area contributed by atoms with Gasteiger partial charge in [-0.15, -0.1) is 0 Å². The van der Waals surface area contributed by atoms with Crippen LogP contribution in [0.15, 0.2) is 57.9 Å². The molecule has 0 radical (unpaired) electrons. The van der Waals surface area contributed by atoms with E-state index >= 15 is 0 Å². The van der Waals surface area contributed by atoms with Gasteiger partial charge in [0.1, 0.15) is 5.58 Å². The van der Waals surface area contributed by atoms with E-state index in [0.717, 1.165) is 11.1 Å². The van der Waals surface area contributed by atoms with Crippen LogP contribution in [0, 0.1) is 6.92 Å². The number of carbonyl (C=O) groups is 1. The lowest BCUT2D eigenvalue weighted by molar-refractivity contribution is 0.102. The molecule has 0 aliphatic rings. The molecule has 0 saturated heterocycles. The second-order valence-corrected chi connectivity index (χ2v) is 4.65. The van der Waals surface area contributed by atoms with Gasteiger partial charge in [0.2, 0.25) is 0 Å². The second-order valence-electron chi connectivity index (χ2n) is 4.65. The summed E-state index contributed by atoms with van der Waals surface area (Å²) in [6.45, 7) is 1.86. The Morgan fingerprint density at radius 3 is 2.76 bits per heavy atom. The third-order valence-corrected chi connectivity index (χ3v) is 3.05. The number of amides is 1. The van der Waals surface area contributed by atoms with Crippen LogP contribution in [0.1, 0.15) is 16.1 Å². The molecule has 0 unspecified atom stereocenters. The maximum atomic E-state index is 12.1. The quantitative estimate of drug-likeness (QED) is 0.733. The normalized spacial score (nSPS) is 10.5. The van der Waals surface area contributed by atoms with E-state index in [1.165, 1.54) is 12.3 Å².